The average Bonchev–Trinajstić information content (AvgIpc) is 2.81. The molecule has 0 aliphatic carbocycles. The van der Waals surface area contributed by atoms with Gasteiger partial charge in [-0.25, -0.2) is 0 Å². The topological polar surface area (TPSA) is 63.2 Å². The lowest BCUT2D eigenvalue weighted by Crippen LogP contribution is -2.04. The van der Waals surface area contributed by atoms with Crippen molar-refractivity contribution in [1.82, 2.24) is 0 Å². The molecule has 0 atom stereocenters. The van der Waals surface area contributed by atoms with Crippen LogP contribution in [-0.2, 0) is 19.0 Å². The normalized spacial score (nSPS) is 11.2. The summed E-state index contributed by atoms with van der Waals surface area (Å²) < 4.78 is 26.5. The number of carbonyl (C=O) groups excluding carboxylic acids is 1. The van der Waals surface area contributed by atoms with Crippen molar-refractivity contribution in [2.75, 3.05) is 33.9 Å². The molecule has 0 aliphatic heterocycles. The van der Waals surface area contributed by atoms with E-state index in [1.54, 1.807) is 0 Å². The van der Waals surface area contributed by atoms with Crippen LogP contribution in [0.25, 0.3) is 18.2 Å². The molecule has 0 unspecified atom stereocenters. The Kier molecular flexibility index (Phi) is 11.7. The van der Waals surface area contributed by atoms with Crippen molar-refractivity contribution >= 4 is 24.2 Å². The zero-order chi connectivity index (χ0) is 23.0. The van der Waals surface area contributed by atoms with Gasteiger partial charge in [-0.05, 0) is 55.2 Å². The fraction of sp³-hybridized carbons (Fsp3) is 0.346. The largest absolute Gasteiger partial charge is 0.469 e. The SMILES string of the molecule is CCOCOc1cc(/C=C/c2cccc(/C=C/CCC(=O)OC)c2)cc(OCOCC)c1. The van der Waals surface area contributed by atoms with Crippen molar-refractivity contribution in [3.05, 3.63) is 65.2 Å². The molecule has 0 spiro atoms. The van der Waals surface area contributed by atoms with E-state index in [0.717, 1.165) is 16.7 Å². The highest BCUT2D eigenvalue weighted by atomic mass is 16.7. The number of rotatable bonds is 14. The molecule has 0 fully saturated rings. The fourth-order valence-corrected chi connectivity index (χ4v) is 2.72. The van der Waals surface area contributed by atoms with Gasteiger partial charge in [-0.3, -0.25) is 4.79 Å². The van der Waals surface area contributed by atoms with E-state index in [1.165, 1.54) is 7.11 Å². The molecular formula is C26H32O6. The van der Waals surface area contributed by atoms with Gasteiger partial charge < -0.3 is 23.7 Å². The van der Waals surface area contributed by atoms with Crippen LogP contribution in [0.3, 0.4) is 0 Å². The summed E-state index contributed by atoms with van der Waals surface area (Å²) in [6.45, 7) is 5.36. The van der Waals surface area contributed by atoms with Gasteiger partial charge in [0.25, 0.3) is 0 Å². The van der Waals surface area contributed by atoms with Gasteiger partial charge in [-0.1, -0.05) is 42.5 Å². The number of esters is 1. The van der Waals surface area contributed by atoms with Gasteiger partial charge in [-0.2, -0.15) is 0 Å². The summed E-state index contributed by atoms with van der Waals surface area (Å²) in [5.74, 6) is 1.12. The molecule has 0 radical (unpaired) electrons. The minimum Gasteiger partial charge on any atom is -0.469 e. The molecule has 0 heterocycles. The van der Waals surface area contributed by atoms with Crippen molar-refractivity contribution in [2.45, 2.75) is 26.7 Å². The van der Waals surface area contributed by atoms with E-state index in [9.17, 15) is 4.79 Å². The van der Waals surface area contributed by atoms with Crippen molar-refractivity contribution in [3.8, 4) is 11.5 Å². The molecule has 32 heavy (non-hydrogen) atoms. The number of benzene rings is 2. The Labute approximate surface area is 190 Å². The molecule has 0 saturated heterocycles. The fourth-order valence-electron chi connectivity index (χ4n) is 2.72. The third-order valence-corrected chi connectivity index (χ3v) is 4.36. The number of hydrogen-bond acceptors (Lipinski definition) is 6. The number of hydrogen-bond donors (Lipinski definition) is 0. The van der Waals surface area contributed by atoms with Gasteiger partial charge in [0, 0.05) is 25.7 Å². The summed E-state index contributed by atoms with van der Waals surface area (Å²) in [4.78, 5) is 11.2. The van der Waals surface area contributed by atoms with E-state index in [4.69, 9.17) is 18.9 Å². The maximum absolute atomic E-state index is 11.2. The van der Waals surface area contributed by atoms with Gasteiger partial charge in [0.05, 0.1) is 7.11 Å². The monoisotopic (exact) mass is 440 g/mol. The van der Waals surface area contributed by atoms with Crippen LogP contribution in [0.15, 0.2) is 48.5 Å². The van der Waals surface area contributed by atoms with Crippen molar-refractivity contribution < 1.29 is 28.5 Å². The maximum atomic E-state index is 11.2. The van der Waals surface area contributed by atoms with Crippen LogP contribution in [0.2, 0.25) is 0 Å². The first-order valence-electron chi connectivity index (χ1n) is 10.7. The van der Waals surface area contributed by atoms with Crippen LogP contribution in [0.5, 0.6) is 11.5 Å². The second-order valence-electron chi connectivity index (χ2n) is 6.77. The molecule has 6 heteroatoms. The van der Waals surface area contributed by atoms with E-state index in [1.807, 2.05) is 74.5 Å². The summed E-state index contributed by atoms with van der Waals surface area (Å²) in [5.41, 5.74) is 3.05. The summed E-state index contributed by atoms with van der Waals surface area (Å²) in [7, 11) is 1.40. The van der Waals surface area contributed by atoms with E-state index < -0.39 is 0 Å². The summed E-state index contributed by atoms with van der Waals surface area (Å²) in [6.07, 6.45) is 9.03. The average molecular weight is 441 g/mol. The zero-order valence-corrected chi connectivity index (χ0v) is 19.0. The smallest absolute Gasteiger partial charge is 0.305 e. The van der Waals surface area contributed by atoms with E-state index in [0.29, 0.717) is 37.6 Å². The molecule has 0 bridgehead atoms. The number of allylic oxidation sites excluding steroid dienone is 1. The Morgan fingerprint density at radius 1 is 0.812 bits per heavy atom. The van der Waals surface area contributed by atoms with Crippen LogP contribution >= 0.6 is 0 Å². The van der Waals surface area contributed by atoms with Crippen molar-refractivity contribution in [3.63, 3.8) is 0 Å². The standard InChI is InChI=1S/C26H32O6/c1-4-29-19-31-24-16-23(17-25(18-24)32-20-30-5-2)14-13-22-11-8-10-21(15-22)9-6-7-12-26(27)28-3/h6,8-11,13-18H,4-5,7,12,19-20H2,1-3H3/b9-6+,14-13+. The number of carbonyl (C=O) groups is 1. The zero-order valence-electron chi connectivity index (χ0n) is 19.0. The van der Waals surface area contributed by atoms with Gasteiger partial charge in [0.1, 0.15) is 11.5 Å². The molecule has 0 amide bonds. The highest BCUT2D eigenvalue weighted by Crippen LogP contribution is 2.25. The first-order chi connectivity index (χ1) is 15.6. The summed E-state index contributed by atoms with van der Waals surface area (Å²) >= 11 is 0. The van der Waals surface area contributed by atoms with Crippen LogP contribution < -0.4 is 9.47 Å². The second-order valence-corrected chi connectivity index (χ2v) is 6.77. The first kappa shape index (κ1) is 25.2. The minimum atomic E-state index is -0.205. The lowest BCUT2D eigenvalue weighted by Gasteiger charge is -2.11. The Bertz CT molecular complexity index is 859. The second kappa shape index (κ2) is 14.8. The summed E-state index contributed by atoms with van der Waals surface area (Å²) in [5, 5.41) is 0. The molecule has 172 valence electrons. The van der Waals surface area contributed by atoms with Crippen LogP contribution in [0.1, 0.15) is 43.4 Å². The van der Waals surface area contributed by atoms with E-state index in [2.05, 4.69) is 10.8 Å². The molecule has 0 aliphatic rings. The Morgan fingerprint density at radius 2 is 1.41 bits per heavy atom. The Hall–Kier alpha value is -3.09. The predicted molar refractivity (Wildman–Crippen MR) is 126 cm³/mol. The number of ether oxygens (including phenoxy) is 5. The molecular weight excluding hydrogens is 408 g/mol. The highest BCUT2D eigenvalue weighted by Gasteiger charge is 2.03. The van der Waals surface area contributed by atoms with E-state index >= 15 is 0 Å². The molecule has 2 aromatic rings. The molecule has 0 N–H and O–H groups in total. The minimum absolute atomic E-state index is 0.179. The van der Waals surface area contributed by atoms with Crippen LogP contribution in [0.4, 0.5) is 0 Å². The summed E-state index contributed by atoms with van der Waals surface area (Å²) in [6, 6.07) is 13.8. The molecule has 6 nitrogen and oxygen atoms in total. The molecule has 0 aromatic heterocycles. The quantitative estimate of drug-likeness (QED) is 0.166. The van der Waals surface area contributed by atoms with Crippen molar-refractivity contribution in [1.29, 1.82) is 0 Å². The Balaban J connectivity index is 2.09. The van der Waals surface area contributed by atoms with Crippen LogP contribution in [-0.4, -0.2) is 39.9 Å². The van der Waals surface area contributed by atoms with Crippen LogP contribution in [0, 0.1) is 0 Å². The molecule has 2 aromatic carbocycles. The van der Waals surface area contributed by atoms with Crippen molar-refractivity contribution in [2.24, 2.45) is 0 Å². The van der Waals surface area contributed by atoms with Gasteiger partial charge in [-0.15, -0.1) is 0 Å². The molecule has 0 saturated carbocycles. The van der Waals surface area contributed by atoms with E-state index in [-0.39, 0.29) is 19.6 Å². The molecule has 2 rings (SSSR count). The van der Waals surface area contributed by atoms with Gasteiger partial charge in [0.15, 0.2) is 13.6 Å². The lowest BCUT2D eigenvalue weighted by molar-refractivity contribution is -0.140. The van der Waals surface area contributed by atoms with Gasteiger partial charge >= 0.3 is 5.97 Å². The Morgan fingerprint density at radius 3 is 2.00 bits per heavy atom. The number of methoxy groups -OCH3 is 1. The lowest BCUT2D eigenvalue weighted by atomic mass is 10.1. The highest BCUT2D eigenvalue weighted by molar-refractivity contribution is 5.72. The van der Waals surface area contributed by atoms with Gasteiger partial charge in [0.2, 0.25) is 0 Å². The third-order valence-electron chi connectivity index (χ3n) is 4.36. The first-order valence-corrected chi connectivity index (χ1v) is 10.7. The predicted octanol–water partition coefficient (Wildman–Crippen LogP) is 5.57. The maximum Gasteiger partial charge on any atom is 0.305 e. The third kappa shape index (κ3) is 9.81.